The zero-order valence-corrected chi connectivity index (χ0v) is 12.6. The van der Waals surface area contributed by atoms with Crippen LogP contribution in [-0.2, 0) is 11.3 Å². The molecule has 0 bridgehead atoms. The highest BCUT2D eigenvalue weighted by Gasteiger charge is 2.43. The van der Waals surface area contributed by atoms with Gasteiger partial charge in [0, 0.05) is 19.5 Å². The van der Waals surface area contributed by atoms with Crippen molar-refractivity contribution in [1.29, 1.82) is 0 Å². The van der Waals surface area contributed by atoms with E-state index in [0.29, 0.717) is 22.8 Å². The number of carboxylic acid groups (broad SMARTS) is 1. The van der Waals surface area contributed by atoms with Crippen LogP contribution in [0.4, 0.5) is 8.78 Å². The number of likely N-dealkylation sites (tertiary alicyclic amines) is 1. The molecule has 2 aliphatic heterocycles. The minimum Gasteiger partial charge on any atom is -0.493 e. The molecule has 1 aromatic carbocycles. The number of methoxy groups -OCH3 is 1. The molecule has 1 fully saturated rings. The normalized spacial score (nSPS) is 22.8. The summed E-state index contributed by atoms with van der Waals surface area (Å²) in [5, 5.41) is 9.05. The lowest BCUT2D eigenvalue weighted by atomic mass is 9.95. The lowest BCUT2D eigenvalue weighted by Crippen LogP contribution is -2.48. The number of fused-ring (bicyclic) bond motifs is 1. The molecule has 1 saturated heterocycles. The summed E-state index contributed by atoms with van der Waals surface area (Å²) in [5.74, 6) is -3.83. The van der Waals surface area contributed by atoms with Gasteiger partial charge in [-0.2, -0.15) is 0 Å². The summed E-state index contributed by atoms with van der Waals surface area (Å²) in [6.07, 6.45) is -0.622. The van der Waals surface area contributed by atoms with Gasteiger partial charge in [-0.3, -0.25) is 9.69 Å². The van der Waals surface area contributed by atoms with Crippen LogP contribution in [0.3, 0.4) is 0 Å². The minimum absolute atomic E-state index is 0.0814. The molecule has 2 heterocycles. The number of rotatable bonds is 4. The molecule has 0 aromatic heterocycles. The van der Waals surface area contributed by atoms with Gasteiger partial charge in [0.1, 0.15) is 0 Å². The minimum atomic E-state index is -3.01. The molecule has 1 unspecified atom stereocenters. The Hall–Kier alpha value is -2.09. The van der Waals surface area contributed by atoms with Crippen LogP contribution in [0.5, 0.6) is 17.2 Å². The van der Waals surface area contributed by atoms with Gasteiger partial charge in [0.25, 0.3) is 5.92 Å². The Kier molecular flexibility index (Phi) is 4.01. The van der Waals surface area contributed by atoms with E-state index in [9.17, 15) is 13.6 Å². The first kappa shape index (κ1) is 15.8. The first-order chi connectivity index (χ1) is 10.9. The van der Waals surface area contributed by atoms with Crippen LogP contribution in [0.25, 0.3) is 0 Å². The van der Waals surface area contributed by atoms with E-state index in [1.54, 1.807) is 12.1 Å². The molecule has 0 radical (unpaired) electrons. The summed E-state index contributed by atoms with van der Waals surface area (Å²) in [4.78, 5) is 12.5. The van der Waals surface area contributed by atoms with Gasteiger partial charge in [0.15, 0.2) is 11.5 Å². The molecule has 1 aromatic rings. The number of hydrogen-bond donors (Lipinski definition) is 1. The number of ether oxygens (including phenoxy) is 3. The number of piperidine rings is 1. The molecule has 3 rings (SSSR count). The number of nitrogens with zero attached hydrogens (tertiary/aromatic N) is 1. The maximum absolute atomic E-state index is 13.8. The third kappa shape index (κ3) is 3.31. The number of carbonyl (C=O) groups is 1. The lowest BCUT2D eigenvalue weighted by molar-refractivity contribution is -0.153. The molecular weight excluding hydrogens is 312 g/mol. The lowest BCUT2D eigenvalue weighted by Gasteiger charge is -2.35. The number of alkyl halides is 2. The summed E-state index contributed by atoms with van der Waals surface area (Å²) >= 11 is 0. The number of aliphatic carboxylic acids is 1. The Morgan fingerprint density at radius 2 is 2.26 bits per heavy atom. The quantitative estimate of drug-likeness (QED) is 0.911. The topological polar surface area (TPSA) is 68.2 Å². The van der Waals surface area contributed by atoms with E-state index in [2.05, 4.69) is 0 Å². The maximum atomic E-state index is 13.8. The summed E-state index contributed by atoms with van der Waals surface area (Å²) < 4.78 is 43.3. The monoisotopic (exact) mass is 329 g/mol. The molecule has 8 heteroatoms. The van der Waals surface area contributed by atoms with E-state index in [1.165, 1.54) is 12.0 Å². The summed E-state index contributed by atoms with van der Waals surface area (Å²) in [6.45, 7) is -0.111. The van der Waals surface area contributed by atoms with Crippen LogP contribution in [-0.4, -0.2) is 48.9 Å². The molecule has 0 aliphatic carbocycles. The predicted molar refractivity (Wildman–Crippen MR) is 75.1 cm³/mol. The smallest absolute Gasteiger partial charge is 0.308 e. The third-order valence-corrected chi connectivity index (χ3v) is 3.95. The number of carboxylic acids is 1. The van der Waals surface area contributed by atoms with Gasteiger partial charge in [-0.05, 0) is 17.7 Å². The molecule has 0 saturated carbocycles. The Bertz CT molecular complexity index is 622. The second-order valence-corrected chi connectivity index (χ2v) is 5.80. The van der Waals surface area contributed by atoms with Crippen molar-refractivity contribution in [2.45, 2.75) is 18.9 Å². The van der Waals surface area contributed by atoms with Gasteiger partial charge in [-0.1, -0.05) is 0 Å². The summed E-state index contributed by atoms with van der Waals surface area (Å²) in [6, 6.07) is 3.39. The van der Waals surface area contributed by atoms with Crippen LogP contribution in [0, 0.1) is 5.92 Å². The van der Waals surface area contributed by atoms with Crippen molar-refractivity contribution in [2.75, 3.05) is 27.0 Å². The van der Waals surface area contributed by atoms with Crippen molar-refractivity contribution in [3.8, 4) is 17.2 Å². The predicted octanol–water partition coefficient (Wildman–Crippen LogP) is 1.97. The van der Waals surface area contributed by atoms with Crippen molar-refractivity contribution >= 4 is 5.97 Å². The largest absolute Gasteiger partial charge is 0.493 e. The Labute approximate surface area is 131 Å². The first-order valence-electron chi connectivity index (χ1n) is 7.17. The third-order valence-electron chi connectivity index (χ3n) is 3.95. The van der Waals surface area contributed by atoms with Gasteiger partial charge >= 0.3 is 5.97 Å². The van der Waals surface area contributed by atoms with E-state index in [4.69, 9.17) is 19.3 Å². The molecule has 1 N–H and O–H groups in total. The second-order valence-electron chi connectivity index (χ2n) is 5.80. The van der Waals surface area contributed by atoms with Gasteiger partial charge in [0.05, 0.1) is 19.6 Å². The SMILES string of the molecule is COc1cc(CN2CC(C(=O)O)CC(F)(F)C2)cc2c1OCO2. The summed E-state index contributed by atoms with van der Waals surface area (Å²) in [7, 11) is 1.48. The molecule has 0 spiro atoms. The fourth-order valence-corrected chi connectivity index (χ4v) is 3.01. The van der Waals surface area contributed by atoms with Gasteiger partial charge < -0.3 is 19.3 Å². The highest BCUT2D eigenvalue weighted by Crippen LogP contribution is 2.42. The molecule has 1 atom stereocenters. The van der Waals surface area contributed by atoms with Crippen LogP contribution in [0.15, 0.2) is 12.1 Å². The van der Waals surface area contributed by atoms with Crippen molar-refractivity contribution in [2.24, 2.45) is 5.92 Å². The zero-order chi connectivity index (χ0) is 16.6. The Morgan fingerprint density at radius 3 is 2.96 bits per heavy atom. The molecule has 0 amide bonds. The first-order valence-corrected chi connectivity index (χ1v) is 7.17. The van der Waals surface area contributed by atoms with Crippen LogP contribution in [0.2, 0.25) is 0 Å². The Morgan fingerprint density at radius 1 is 1.48 bits per heavy atom. The van der Waals surface area contributed by atoms with E-state index in [1.807, 2.05) is 0 Å². The summed E-state index contributed by atoms with van der Waals surface area (Å²) in [5.41, 5.74) is 0.702. The van der Waals surface area contributed by atoms with Crippen molar-refractivity contribution < 1.29 is 32.9 Å². The molecule has 23 heavy (non-hydrogen) atoms. The van der Waals surface area contributed by atoms with Crippen LogP contribution < -0.4 is 14.2 Å². The fourth-order valence-electron chi connectivity index (χ4n) is 3.01. The fraction of sp³-hybridized carbons (Fsp3) is 0.533. The Balaban J connectivity index is 1.80. The second kappa shape index (κ2) is 5.84. The highest BCUT2D eigenvalue weighted by atomic mass is 19.3. The van der Waals surface area contributed by atoms with Gasteiger partial charge in [0.2, 0.25) is 12.5 Å². The van der Waals surface area contributed by atoms with Crippen LogP contribution >= 0.6 is 0 Å². The van der Waals surface area contributed by atoms with E-state index in [0.717, 1.165) is 0 Å². The number of hydrogen-bond acceptors (Lipinski definition) is 5. The van der Waals surface area contributed by atoms with Crippen molar-refractivity contribution in [3.05, 3.63) is 17.7 Å². The maximum Gasteiger partial charge on any atom is 0.308 e. The molecule has 126 valence electrons. The van der Waals surface area contributed by atoms with Crippen molar-refractivity contribution in [1.82, 2.24) is 4.90 Å². The average Bonchev–Trinajstić information content (AvgIpc) is 2.92. The van der Waals surface area contributed by atoms with E-state index in [-0.39, 0.29) is 19.9 Å². The standard InChI is InChI=1S/C15H17F2NO5/c1-21-11-2-9(3-12-13(11)23-8-22-12)5-18-6-10(14(19)20)4-15(16,17)7-18/h2-3,10H,4-8H2,1H3,(H,19,20). The zero-order valence-electron chi connectivity index (χ0n) is 12.6. The number of benzene rings is 1. The van der Waals surface area contributed by atoms with E-state index < -0.39 is 30.8 Å². The van der Waals surface area contributed by atoms with E-state index >= 15 is 0 Å². The molecular formula is C15H17F2NO5. The van der Waals surface area contributed by atoms with Gasteiger partial charge in [-0.25, -0.2) is 8.78 Å². The molecule has 2 aliphatic rings. The van der Waals surface area contributed by atoms with Crippen molar-refractivity contribution in [3.63, 3.8) is 0 Å². The van der Waals surface area contributed by atoms with Crippen LogP contribution in [0.1, 0.15) is 12.0 Å². The number of halogens is 2. The highest BCUT2D eigenvalue weighted by molar-refractivity contribution is 5.70. The molecule has 6 nitrogen and oxygen atoms in total. The average molecular weight is 329 g/mol. The van der Waals surface area contributed by atoms with Gasteiger partial charge in [-0.15, -0.1) is 0 Å².